The number of carbonyl (C=O) groups is 1. The van der Waals surface area contributed by atoms with Crippen LogP contribution in [0.2, 0.25) is 0 Å². The molecule has 0 bridgehead atoms. The van der Waals surface area contributed by atoms with Gasteiger partial charge in [-0.25, -0.2) is 0 Å². The van der Waals surface area contributed by atoms with E-state index in [9.17, 15) is 23.1 Å². The van der Waals surface area contributed by atoms with E-state index in [1.165, 1.54) is 0 Å². The summed E-state index contributed by atoms with van der Waals surface area (Å²) in [6.45, 7) is 3.62. The van der Waals surface area contributed by atoms with E-state index in [0.717, 1.165) is 62.1 Å². The quantitative estimate of drug-likeness (QED) is 0.477. The van der Waals surface area contributed by atoms with Crippen molar-refractivity contribution >= 4 is 11.6 Å². The van der Waals surface area contributed by atoms with E-state index in [1.54, 1.807) is 4.90 Å². The Balaban J connectivity index is 1.11. The zero-order valence-corrected chi connectivity index (χ0v) is 22.8. The molecule has 1 unspecified atom stereocenters. The average molecular weight is 544 g/mol. The van der Waals surface area contributed by atoms with Gasteiger partial charge < -0.3 is 19.8 Å². The third kappa shape index (κ3) is 6.27. The van der Waals surface area contributed by atoms with E-state index in [0.29, 0.717) is 31.0 Å². The molecule has 0 radical (unpaired) electrons. The van der Waals surface area contributed by atoms with Crippen LogP contribution in [0.3, 0.4) is 0 Å². The molecule has 3 aliphatic rings. The van der Waals surface area contributed by atoms with Gasteiger partial charge in [-0.05, 0) is 92.9 Å². The maximum absolute atomic E-state index is 13.6. The van der Waals surface area contributed by atoms with Gasteiger partial charge in [-0.15, -0.1) is 0 Å². The van der Waals surface area contributed by atoms with Crippen LogP contribution in [0.15, 0.2) is 48.5 Å². The van der Waals surface area contributed by atoms with Crippen molar-refractivity contribution in [1.29, 1.82) is 0 Å². The van der Waals surface area contributed by atoms with Gasteiger partial charge in [0.15, 0.2) is 0 Å². The summed E-state index contributed by atoms with van der Waals surface area (Å²) in [4.78, 5) is 18.8. The number of hydrogen-bond donors (Lipinski definition) is 1. The molecule has 2 aromatic rings. The molecule has 8 heteroatoms. The lowest BCUT2D eigenvalue weighted by Gasteiger charge is -2.47. The average Bonchev–Trinajstić information content (AvgIpc) is 2.90. The molecule has 2 aromatic carbocycles. The van der Waals surface area contributed by atoms with Crippen molar-refractivity contribution in [2.45, 2.75) is 57.2 Å². The lowest BCUT2D eigenvalue weighted by molar-refractivity contribution is -0.256. The van der Waals surface area contributed by atoms with E-state index in [2.05, 4.69) is 36.2 Å². The zero-order chi connectivity index (χ0) is 27.6. The lowest BCUT2D eigenvalue weighted by atomic mass is 9.67. The highest BCUT2D eigenvalue weighted by atomic mass is 19.4. The second kappa shape index (κ2) is 11.5. The first kappa shape index (κ1) is 28.0. The Labute approximate surface area is 229 Å². The van der Waals surface area contributed by atoms with E-state index < -0.39 is 17.7 Å². The largest absolute Gasteiger partial charge is 0.395 e. The summed E-state index contributed by atoms with van der Waals surface area (Å²) in [5, 5.41) is 9.87. The van der Waals surface area contributed by atoms with Gasteiger partial charge in [0.25, 0.3) is 5.91 Å². The van der Waals surface area contributed by atoms with Gasteiger partial charge in [-0.1, -0.05) is 30.7 Å². The summed E-state index contributed by atoms with van der Waals surface area (Å²) < 4.78 is 40.7. The van der Waals surface area contributed by atoms with Crippen molar-refractivity contribution in [3.63, 3.8) is 0 Å². The van der Waals surface area contributed by atoms with E-state index in [1.807, 2.05) is 29.2 Å². The number of amides is 1. The van der Waals surface area contributed by atoms with Crippen LogP contribution in [0.1, 0.15) is 55.3 Å². The van der Waals surface area contributed by atoms with E-state index in [-0.39, 0.29) is 25.3 Å². The number of anilines is 1. The molecule has 2 heterocycles. The monoisotopic (exact) mass is 543 g/mol. The Hall–Kier alpha value is -2.58. The van der Waals surface area contributed by atoms with Gasteiger partial charge >= 0.3 is 6.18 Å². The van der Waals surface area contributed by atoms with Crippen LogP contribution in [-0.4, -0.2) is 79.4 Å². The van der Waals surface area contributed by atoms with Crippen LogP contribution in [0.25, 0.3) is 11.1 Å². The number of likely N-dealkylation sites (tertiary alicyclic amines) is 2. The maximum atomic E-state index is 13.6. The number of aliphatic hydroxyl groups is 1. The number of β-amino-alcohol motifs (C(OH)–C–C–N with tert-alkyl or cyclic N) is 1. The summed E-state index contributed by atoms with van der Waals surface area (Å²) in [6, 6.07) is 16.0. The molecule has 1 saturated carbocycles. The third-order valence-electron chi connectivity index (χ3n) is 9.13. The molecular formula is C31H40F3N3O2. The fourth-order valence-electron chi connectivity index (χ4n) is 6.42. The standard InChI is InChI=1S/C31H40F3N3O2/c1-35(20-23-13-18-36(19-14-23)22-30(15-3-16-30)31(32,33)34)27-11-9-25(10-12-27)24-5-7-26(8-6-24)29(39)37-17-2-4-28(38)21-37/h5-12,23,28,38H,2-4,13-22H2,1H3. The molecule has 5 nitrogen and oxygen atoms in total. The number of aliphatic hydroxyl groups excluding tert-OH is 1. The summed E-state index contributed by atoms with van der Waals surface area (Å²) in [6.07, 6.45) is 0.152. The molecule has 212 valence electrons. The number of alkyl halides is 3. The number of benzene rings is 2. The van der Waals surface area contributed by atoms with E-state index >= 15 is 0 Å². The number of rotatable bonds is 7. The Morgan fingerprint density at radius 2 is 1.56 bits per heavy atom. The smallest absolute Gasteiger partial charge is 0.391 e. The normalized spacial score (nSPS) is 22.4. The van der Waals surface area contributed by atoms with Crippen molar-refractivity contribution < 1.29 is 23.1 Å². The molecule has 2 aliphatic heterocycles. The molecule has 0 aromatic heterocycles. The first-order valence-corrected chi connectivity index (χ1v) is 14.3. The van der Waals surface area contributed by atoms with Crippen LogP contribution in [-0.2, 0) is 0 Å². The van der Waals surface area contributed by atoms with Crippen LogP contribution < -0.4 is 4.90 Å². The molecule has 39 heavy (non-hydrogen) atoms. The van der Waals surface area contributed by atoms with Crippen LogP contribution >= 0.6 is 0 Å². The van der Waals surface area contributed by atoms with Gasteiger partial charge in [-0.2, -0.15) is 13.2 Å². The van der Waals surface area contributed by atoms with E-state index in [4.69, 9.17) is 0 Å². The molecule has 1 N–H and O–H groups in total. The summed E-state index contributed by atoms with van der Waals surface area (Å²) in [7, 11) is 2.08. The van der Waals surface area contributed by atoms with Crippen molar-refractivity contribution in [2.75, 3.05) is 51.2 Å². The summed E-state index contributed by atoms with van der Waals surface area (Å²) in [5.74, 6) is 0.436. The first-order chi connectivity index (χ1) is 18.6. The highest BCUT2D eigenvalue weighted by Crippen LogP contribution is 2.53. The molecule has 2 saturated heterocycles. The van der Waals surface area contributed by atoms with Crippen LogP contribution in [0.4, 0.5) is 18.9 Å². The second-order valence-corrected chi connectivity index (χ2v) is 11.9. The van der Waals surface area contributed by atoms with Gasteiger partial charge in [0, 0.05) is 44.5 Å². The van der Waals surface area contributed by atoms with Crippen LogP contribution in [0.5, 0.6) is 0 Å². The summed E-state index contributed by atoms with van der Waals surface area (Å²) >= 11 is 0. The highest BCUT2D eigenvalue weighted by molar-refractivity contribution is 5.94. The van der Waals surface area contributed by atoms with Gasteiger partial charge in [0.05, 0.1) is 11.5 Å². The van der Waals surface area contributed by atoms with Crippen LogP contribution in [0, 0.1) is 11.3 Å². The van der Waals surface area contributed by atoms with Crippen molar-refractivity contribution in [2.24, 2.45) is 11.3 Å². The summed E-state index contributed by atoms with van der Waals surface area (Å²) in [5.41, 5.74) is 2.39. The molecular weight excluding hydrogens is 503 g/mol. The number of piperidine rings is 2. The SMILES string of the molecule is CN(CC1CCN(CC2(C(F)(F)F)CCC2)CC1)c1ccc(-c2ccc(C(=O)N3CCCC(O)C3)cc2)cc1. The Bertz CT molecular complexity index is 1110. The first-order valence-electron chi connectivity index (χ1n) is 14.3. The number of halogens is 3. The third-order valence-corrected chi connectivity index (χ3v) is 9.13. The minimum absolute atomic E-state index is 0.0361. The van der Waals surface area contributed by atoms with Crippen molar-refractivity contribution in [3.8, 4) is 11.1 Å². The fourth-order valence-corrected chi connectivity index (χ4v) is 6.42. The number of hydrogen-bond acceptors (Lipinski definition) is 4. The zero-order valence-electron chi connectivity index (χ0n) is 22.8. The maximum Gasteiger partial charge on any atom is 0.395 e. The van der Waals surface area contributed by atoms with Gasteiger partial charge in [0.2, 0.25) is 0 Å². The topological polar surface area (TPSA) is 47.0 Å². The molecule has 1 aliphatic carbocycles. The molecule has 1 amide bonds. The Morgan fingerprint density at radius 3 is 2.10 bits per heavy atom. The number of carbonyl (C=O) groups excluding carboxylic acids is 1. The fraction of sp³-hybridized carbons (Fsp3) is 0.581. The minimum atomic E-state index is -4.09. The minimum Gasteiger partial charge on any atom is -0.391 e. The Morgan fingerprint density at radius 1 is 0.949 bits per heavy atom. The van der Waals surface area contributed by atoms with Gasteiger partial charge in [0.1, 0.15) is 0 Å². The Kier molecular flexibility index (Phi) is 8.24. The van der Waals surface area contributed by atoms with Crippen molar-refractivity contribution in [3.05, 3.63) is 54.1 Å². The molecule has 1 atom stereocenters. The van der Waals surface area contributed by atoms with Crippen molar-refractivity contribution in [1.82, 2.24) is 9.80 Å². The molecule has 3 fully saturated rings. The predicted octanol–water partition coefficient (Wildman–Crippen LogP) is 5.83. The highest BCUT2D eigenvalue weighted by Gasteiger charge is 2.58. The molecule has 0 spiro atoms. The number of nitrogens with zero attached hydrogens (tertiary/aromatic N) is 3. The molecule has 5 rings (SSSR count). The second-order valence-electron chi connectivity index (χ2n) is 11.9. The lowest BCUT2D eigenvalue weighted by Crippen LogP contribution is -2.53. The van der Waals surface area contributed by atoms with Gasteiger partial charge in [-0.3, -0.25) is 4.79 Å². The predicted molar refractivity (Wildman–Crippen MR) is 148 cm³/mol.